The van der Waals surface area contributed by atoms with Crippen LogP contribution in [0.4, 0.5) is 0 Å². The molecule has 96 valence electrons. The Balaban J connectivity index is 2.00. The van der Waals surface area contributed by atoms with Crippen LogP contribution in [0.25, 0.3) is 19.5 Å². The normalized spacial score (nSPS) is 10.2. The van der Waals surface area contributed by atoms with E-state index in [1.165, 1.54) is 27.6 Å². The molecule has 0 aliphatic carbocycles. The number of nitrogens with zero attached hydrogens (tertiary/aromatic N) is 2. The second-order valence-electron chi connectivity index (χ2n) is 4.17. The van der Waals surface area contributed by atoms with Crippen LogP contribution in [0.15, 0.2) is 30.3 Å². The van der Waals surface area contributed by atoms with E-state index in [9.17, 15) is 0 Å². The lowest BCUT2D eigenvalue weighted by atomic mass is 10.2. The third kappa shape index (κ3) is 2.28. The van der Waals surface area contributed by atoms with Crippen LogP contribution in [0.5, 0.6) is 0 Å². The molecule has 0 radical (unpaired) electrons. The lowest BCUT2D eigenvalue weighted by Gasteiger charge is -1.93. The summed E-state index contributed by atoms with van der Waals surface area (Å²) in [5, 5.41) is 17.9. The molecule has 0 fully saturated rings. The van der Waals surface area contributed by atoms with Gasteiger partial charge in [-0.05, 0) is 42.8 Å². The summed E-state index contributed by atoms with van der Waals surface area (Å²) in [5.41, 5.74) is 1.14. The summed E-state index contributed by atoms with van der Waals surface area (Å²) < 4.78 is 0. The van der Waals surface area contributed by atoms with Crippen LogP contribution in [0.2, 0.25) is 0 Å². The van der Waals surface area contributed by atoms with Gasteiger partial charge in [0.1, 0.15) is 21.9 Å². The maximum absolute atomic E-state index is 8.97. The first-order valence-corrected chi connectivity index (χ1v) is 8.27. The Labute approximate surface area is 128 Å². The molecule has 0 bridgehead atoms. The van der Waals surface area contributed by atoms with Gasteiger partial charge in [-0.25, -0.2) is 0 Å². The fourth-order valence-electron chi connectivity index (χ4n) is 1.90. The largest absolute Gasteiger partial charge is 0.192 e. The molecule has 0 unspecified atom stereocenters. The summed E-state index contributed by atoms with van der Waals surface area (Å²) in [6.07, 6.45) is 0. The van der Waals surface area contributed by atoms with Gasteiger partial charge in [-0.15, -0.1) is 34.0 Å². The summed E-state index contributed by atoms with van der Waals surface area (Å²) in [6.45, 7) is 2.03. The highest BCUT2D eigenvalue weighted by atomic mass is 32.1. The van der Waals surface area contributed by atoms with Crippen molar-refractivity contribution in [3.8, 4) is 31.6 Å². The standard InChI is InChI=1S/C15H8N2S3/c1-9-6-11(8-17)19-15(9)14-5-4-13(20-14)12-3-2-10(7-16)18-12/h2-6H,1H3. The molecule has 0 atom stereocenters. The fraction of sp³-hybridized carbons (Fsp3) is 0.0667. The van der Waals surface area contributed by atoms with Crippen molar-refractivity contribution in [2.24, 2.45) is 0 Å². The summed E-state index contributed by atoms with van der Waals surface area (Å²) in [7, 11) is 0. The van der Waals surface area contributed by atoms with Gasteiger partial charge in [0.25, 0.3) is 0 Å². The Bertz CT molecular complexity index is 852. The van der Waals surface area contributed by atoms with Crippen LogP contribution in [-0.4, -0.2) is 0 Å². The summed E-state index contributed by atoms with van der Waals surface area (Å²) >= 11 is 4.74. The van der Waals surface area contributed by atoms with Crippen molar-refractivity contribution in [2.45, 2.75) is 6.92 Å². The van der Waals surface area contributed by atoms with E-state index in [0.29, 0.717) is 0 Å². The van der Waals surface area contributed by atoms with Crippen molar-refractivity contribution in [3.63, 3.8) is 0 Å². The lowest BCUT2D eigenvalue weighted by molar-refractivity contribution is 1.50. The van der Waals surface area contributed by atoms with Gasteiger partial charge in [0.05, 0.1) is 0 Å². The SMILES string of the molecule is Cc1cc(C#N)sc1-c1ccc(-c2ccc(C#N)s2)s1. The van der Waals surface area contributed by atoms with E-state index in [1.807, 2.05) is 25.1 Å². The summed E-state index contributed by atoms with van der Waals surface area (Å²) in [4.78, 5) is 6.10. The minimum Gasteiger partial charge on any atom is -0.192 e. The zero-order valence-corrected chi connectivity index (χ0v) is 13.0. The van der Waals surface area contributed by atoms with Crippen LogP contribution in [0.1, 0.15) is 15.3 Å². The first-order chi connectivity index (χ1) is 9.71. The Hall–Kier alpha value is -1.92. The zero-order valence-electron chi connectivity index (χ0n) is 10.5. The molecule has 0 aromatic carbocycles. The molecule has 5 heteroatoms. The van der Waals surface area contributed by atoms with E-state index in [1.54, 1.807) is 11.3 Å². The van der Waals surface area contributed by atoms with E-state index in [0.717, 1.165) is 29.9 Å². The first kappa shape index (κ1) is 13.1. The highest BCUT2D eigenvalue weighted by Crippen LogP contribution is 2.41. The van der Waals surface area contributed by atoms with Gasteiger partial charge in [-0.2, -0.15) is 10.5 Å². The summed E-state index contributed by atoms with van der Waals surface area (Å²) in [6, 6.07) is 14.3. The van der Waals surface area contributed by atoms with Crippen LogP contribution in [0, 0.1) is 29.6 Å². The first-order valence-electron chi connectivity index (χ1n) is 5.82. The molecule has 0 aliphatic rings. The molecule has 0 aliphatic heterocycles. The lowest BCUT2D eigenvalue weighted by Crippen LogP contribution is -1.66. The molecule has 3 rings (SSSR count). The average molecular weight is 312 g/mol. The van der Waals surface area contributed by atoms with E-state index < -0.39 is 0 Å². The molecule has 0 spiro atoms. The molecular formula is C15H8N2S3. The molecule has 2 nitrogen and oxygen atoms in total. The molecule has 0 amide bonds. The third-order valence-electron chi connectivity index (χ3n) is 2.82. The number of aryl methyl sites for hydroxylation is 1. The molecular weight excluding hydrogens is 304 g/mol. The Morgan fingerprint density at radius 2 is 1.45 bits per heavy atom. The predicted molar refractivity (Wildman–Crippen MR) is 85.1 cm³/mol. The third-order valence-corrected chi connectivity index (χ3v) is 6.41. The predicted octanol–water partition coefficient (Wildman–Crippen LogP) is 5.26. The number of rotatable bonds is 2. The van der Waals surface area contributed by atoms with Gasteiger partial charge in [-0.1, -0.05) is 0 Å². The molecule has 0 saturated heterocycles. The number of nitriles is 2. The van der Waals surface area contributed by atoms with E-state index >= 15 is 0 Å². The minimum absolute atomic E-state index is 0.731. The van der Waals surface area contributed by atoms with Gasteiger partial charge in [0.15, 0.2) is 0 Å². The Morgan fingerprint density at radius 1 is 0.800 bits per heavy atom. The number of thiophene rings is 3. The minimum atomic E-state index is 0.731. The van der Waals surface area contributed by atoms with Crippen molar-refractivity contribution in [1.82, 2.24) is 0 Å². The van der Waals surface area contributed by atoms with Crippen LogP contribution in [-0.2, 0) is 0 Å². The average Bonchev–Trinajstić information content (AvgIpc) is 3.16. The molecule has 3 heterocycles. The van der Waals surface area contributed by atoms with Gasteiger partial charge in [0.2, 0.25) is 0 Å². The number of hydrogen-bond donors (Lipinski definition) is 0. The maximum atomic E-state index is 8.97. The molecule has 3 aromatic rings. The van der Waals surface area contributed by atoms with Crippen LogP contribution < -0.4 is 0 Å². The van der Waals surface area contributed by atoms with Crippen molar-refractivity contribution in [2.75, 3.05) is 0 Å². The van der Waals surface area contributed by atoms with Crippen molar-refractivity contribution < 1.29 is 0 Å². The second kappa shape index (κ2) is 5.22. The van der Waals surface area contributed by atoms with Crippen molar-refractivity contribution in [1.29, 1.82) is 10.5 Å². The van der Waals surface area contributed by atoms with E-state index in [2.05, 4.69) is 24.3 Å². The monoisotopic (exact) mass is 312 g/mol. The van der Waals surface area contributed by atoms with Gasteiger partial charge in [-0.3, -0.25) is 0 Å². The fourth-order valence-corrected chi connectivity index (χ4v) is 4.95. The van der Waals surface area contributed by atoms with Crippen LogP contribution in [0.3, 0.4) is 0 Å². The Morgan fingerprint density at radius 3 is 2.10 bits per heavy atom. The quantitative estimate of drug-likeness (QED) is 0.648. The zero-order chi connectivity index (χ0) is 14.1. The van der Waals surface area contributed by atoms with Crippen LogP contribution >= 0.6 is 34.0 Å². The van der Waals surface area contributed by atoms with Gasteiger partial charge < -0.3 is 0 Å². The highest BCUT2D eigenvalue weighted by Gasteiger charge is 2.12. The van der Waals surface area contributed by atoms with Gasteiger partial charge >= 0.3 is 0 Å². The number of hydrogen-bond acceptors (Lipinski definition) is 5. The molecule has 20 heavy (non-hydrogen) atoms. The molecule has 3 aromatic heterocycles. The maximum Gasteiger partial charge on any atom is 0.110 e. The highest BCUT2D eigenvalue weighted by molar-refractivity contribution is 7.26. The smallest absolute Gasteiger partial charge is 0.110 e. The second-order valence-corrected chi connectivity index (χ2v) is 7.39. The van der Waals surface area contributed by atoms with Gasteiger partial charge in [0, 0.05) is 19.5 Å². The topological polar surface area (TPSA) is 47.6 Å². The van der Waals surface area contributed by atoms with Crippen molar-refractivity contribution >= 4 is 34.0 Å². The molecule has 0 saturated carbocycles. The summed E-state index contributed by atoms with van der Waals surface area (Å²) in [5.74, 6) is 0. The Kier molecular flexibility index (Phi) is 3.42. The van der Waals surface area contributed by atoms with E-state index in [-0.39, 0.29) is 0 Å². The van der Waals surface area contributed by atoms with Crippen molar-refractivity contribution in [3.05, 3.63) is 45.6 Å². The molecule has 0 N–H and O–H groups in total. The van der Waals surface area contributed by atoms with E-state index in [4.69, 9.17) is 10.5 Å².